The van der Waals surface area contributed by atoms with Crippen LogP contribution in [-0.4, -0.2) is 17.1 Å². The van der Waals surface area contributed by atoms with Crippen molar-refractivity contribution in [2.24, 2.45) is 5.73 Å². The summed E-state index contributed by atoms with van der Waals surface area (Å²) in [5.74, 6) is -1.24. The Morgan fingerprint density at radius 3 is 2.47 bits per heavy atom. The topological polar surface area (TPSA) is 63.3 Å². The molecule has 7 heteroatoms. The van der Waals surface area contributed by atoms with Gasteiger partial charge in [-0.3, -0.25) is 4.79 Å². The minimum Gasteiger partial charge on any atom is -0.480 e. The molecule has 96 valence electrons. The molecule has 0 amide bonds. The van der Waals surface area contributed by atoms with Crippen molar-refractivity contribution in [1.82, 2.24) is 0 Å². The average molecular weight is 270 g/mol. The highest BCUT2D eigenvalue weighted by Crippen LogP contribution is 2.29. The van der Waals surface area contributed by atoms with Gasteiger partial charge in [-0.25, -0.2) is 0 Å². The lowest BCUT2D eigenvalue weighted by atomic mass is 10.0. The van der Waals surface area contributed by atoms with Crippen molar-refractivity contribution in [2.45, 2.75) is 18.6 Å². The summed E-state index contributed by atoms with van der Waals surface area (Å²) in [6, 6.07) is 3.28. The summed E-state index contributed by atoms with van der Waals surface area (Å²) in [5, 5.41) is 8.53. The van der Waals surface area contributed by atoms with Crippen LogP contribution in [0.2, 0.25) is 0 Å². The van der Waals surface area contributed by atoms with Gasteiger partial charge in [0.15, 0.2) is 0 Å². The molecule has 0 aromatic heterocycles. The lowest BCUT2D eigenvalue weighted by Crippen LogP contribution is -2.32. The second-order valence-electron chi connectivity index (χ2n) is 3.35. The van der Waals surface area contributed by atoms with E-state index in [0.29, 0.717) is 0 Å². The van der Waals surface area contributed by atoms with E-state index in [2.05, 4.69) is 0 Å². The monoisotopic (exact) mass is 269 g/mol. The van der Waals surface area contributed by atoms with Gasteiger partial charge in [-0.05, 0) is 18.1 Å². The Morgan fingerprint density at radius 1 is 1.41 bits per heavy atom. The van der Waals surface area contributed by atoms with Crippen molar-refractivity contribution in [1.29, 1.82) is 0 Å². The molecule has 3 nitrogen and oxygen atoms in total. The number of carboxylic acid groups (broad SMARTS) is 1. The summed E-state index contributed by atoms with van der Waals surface area (Å²) in [5.41, 5.74) is 4.68. The van der Waals surface area contributed by atoms with Gasteiger partial charge in [-0.2, -0.15) is 13.2 Å². The van der Waals surface area contributed by atoms with Gasteiger partial charge in [-0.15, -0.1) is 12.4 Å². The SMILES string of the molecule is Cl.N[C@@H](Cc1cccc(C(F)(F)F)c1)C(=O)O. The van der Waals surface area contributed by atoms with Crippen LogP contribution in [0.25, 0.3) is 0 Å². The number of aliphatic carboxylic acids is 1. The molecule has 0 radical (unpaired) electrons. The van der Waals surface area contributed by atoms with E-state index in [-0.39, 0.29) is 24.4 Å². The quantitative estimate of drug-likeness (QED) is 0.883. The normalized spacial score (nSPS) is 12.7. The van der Waals surface area contributed by atoms with E-state index in [9.17, 15) is 18.0 Å². The maximum absolute atomic E-state index is 12.3. The first-order valence-electron chi connectivity index (χ1n) is 4.45. The first kappa shape index (κ1) is 15.7. The summed E-state index contributed by atoms with van der Waals surface area (Å²) in [4.78, 5) is 10.4. The van der Waals surface area contributed by atoms with Gasteiger partial charge in [0.25, 0.3) is 0 Å². The Hall–Kier alpha value is -1.27. The Bertz CT molecular complexity index is 395. The Kier molecular flexibility index (Phi) is 5.44. The van der Waals surface area contributed by atoms with Crippen LogP contribution in [0.5, 0.6) is 0 Å². The van der Waals surface area contributed by atoms with E-state index in [1.807, 2.05) is 0 Å². The predicted molar refractivity (Wildman–Crippen MR) is 58.0 cm³/mol. The fraction of sp³-hybridized carbons (Fsp3) is 0.300. The van der Waals surface area contributed by atoms with E-state index in [4.69, 9.17) is 10.8 Å². The molecule has 0 aliphatic rings. The summed E-state index contributed by atoms with van der Waals surface area (Å²) in [6.45, 7) is 0. The highest BCUT2D eigenvalue weighted by Gasteiger charge is 2.30. The molecular weight excluding hydrogens is 259 g/mol. The van der Waals surface area contributed by atoms with Gasteiger partial charge < -0.3 is 10.8 Å². The predicted octanol–water partition coefficient (Wildman–Crippen LogP) is 2.08. The van der Waals surface area contributed by atoms with E-state index in [0.717, 1.165) is 12.1 Å². The zero-order chi connectivity index (χ0) is 12.3. The number of benzene rings is 1. The largest absolute Gasteiger partial charge is 0.480 e. The van der Waals surface area contributed by atoms with Crippen LogP contribution >= 0.6 is 12.4 Å². The van der Waals surface area contributed by atoms with Gasteiger partial charge in [0, 0.05) is 0 Å². The summed E-state index contributed by atoms with van der Waals surface area (Å²) >= 11 is 0. The van der Waals surface area contributed by atoms with Crippen molar-refractivity contribution < 1.29 is 23.1 Å². The van der Waals surface area contributed by atoms with Crippen LogP contribution in [0.4, 0.5) is 13.2 Å². The molecule has 1 rings (SSSR count). The van der Waals surface area contributed by atoms with Crippen LogP contribution < -0.4 is 5.73 Å². The van der Waals surface area contributed by atoms with Gasteiger partial charge in [0.05, 0.1) is 5.56 Å². The van der Waals surface area contributed by atoms with Crippen LogP contribution in [0.15, 0.2) is 24.3 Å². The summed E-state index contributed by atoms with van der Waals surface area (Å²) in [7, 11) is 0. The third-order valence-electron chi connectivity index (χ3n) is 2.03. The second kappa shape index (κ2) is 5.88. The first-order chi connectivity index (χ1) is 7.30. The minimum absolute atomic E-state index is 0. The van der Waals surface area contributed by atoms with Crippen molar-refractivity contribution in [2.75, 3.05) is 0 Å². The number of hydrogen-bond acceptors (Lipinski definition) is 2. The van der Waals surface area contributed by atoms with Crippen molar-refractivity contribution in [3.05, 3.63) is 35.4 Å². The Balaban J connectivity index is 0.00000256. The van der Waals surface area contributed by atoms with Crippen LogP contribution in [-0.2, 0) is 17.4 Å². The molecule has 17 heavy (non-hydrogen) atoms. The smallest absolute Gasteiger partial charge is 0.416 e. The molecule has 0 heterocycles. The molecule has 0 fully saturated rings. The average Bonchev–Trinajstić information content (AvgIpc) is 2.16. The van der Waals surface area contributed by atoms with E-state index in [1.54, 1.807) is 0 Å². The standard InChI is InChI=1S/C10H10F3NO2.ClH/c11-10(12,13)7-3-1-2-6(4-7)5-8(14)9(15)16;/h1-4,8H,5,14H2,(H,15,16);1H/t8-;/m0./s1. The number of rotatable bonds is 3. The molecule has 0 aliphatic carbocycles. The summed E-state index contributed by atoms with van der Waals surface area (Å²) < 4.78 is 36.9. The van der Waals surface area contributed by atoms with Crippen LogP contribution in [0.3, 0.4) is 0 Å². The molecule has 0 aliphatic heterocycles. The molecule has 0 saturated heterocycles. The molecule has 0 spiro atoms. The molecular formula is C10H11ClF3NO2. The Morgan fingerprint density at radius 2 is 2.00 bits per heavy atom. The minimum atomic E-state index is -4.43. The highest BCUT2D eigenvalue weighted by molar-refractivity contribution is 5.85. The number of hydrogen-bond donors (Lipinski definition) is 2. The molecule has 3 N–H and O–H groups in total. The zero-order valence-corrected chi connectivity index (χ0v) is 9.39. The number of halogens is 4. The third-order valence-corrected chi connectivity index (χ3v) is 2.03. The molecule has 1 aromatic rings. The van der Waals surface area contributed by atoms with E-state index in [1.165, 1.54) is 12.1 Å². The summed E-state index contributed by atoms with van der Waals surface area (Å²) in [6.07, 6.45) is -4.55. The fourth-order valence-corrected chi connectivity index (χ4v) is 1.22. The number of carboxylic acids is 1. The maximum atomic E-state index is 12.3. The molecule has 0 unspecified atom stereocenters. The lowest BCUT2D eigenvalue weighted by molar-refractivity contribution is -0.138. The highest BCUT2D eigenvalue weighted by atomic mass is 35.5. The van der Waals surface area contributed by atoms with Gasteiger partial charge in [-0.1, -0.05) is 18.2 Å². The number of alkyl halides is 3. The first-order valence-corrected chi connectivity index (χ1v) is 4.45. The van der Waals surface area contributed by atoms with Crippen LogP contribution in [0, 0.1) is 0 Å². The van der Waals surface area contributed by atoms with E-state index < -0.39 is 23.8 Å². The van der Waals surface area contributed by atoms with Gasteiger partial charge in [0.2, 0.25) is 0 Å². The molecule has 0 bridgehead atoms. The maximum Gasteiger partial charge on any atom is 0.416 e. The zero-order valence-electron chi connectivity index (χ0n) is 8.57. The Labute approximate surface area is 102 Å². The van der Waals surface area contributed by atoms with Gasteiger partial charge in [0.1, 0.15) is 6.04 Å². The molecule has 1 aromatic carbocycles. The number of nitrogens with two attached hydrogens (primary N) is 1. The lowest BCUT2D eigenvalue weighted by Gasteiger charge is -2.10. The second-order valence-corrected chi connectivity index (χ2v) is 3.35. The van der Waals surface area contributed by atoms with Gasteiger partial charge >= 0.3 is 12.1 Å². The van der Waals surface area contributed by atoms with E-state index >= 15 is 0 Å². The third kappa shape index (κ3) is 4.62. The van der Waals surface area contributed by atoms with Crippen LogP contribution in [0.1, 0.15) is 11.1 Å². The van der Waals surface area contributed by atoms with Crippen molar-refractivity contribution in [3.8, 4) is 0 Å². The van der Waals surface area contributed by atoms with Crippen molar-refractivity contribution >= 4 is 18.4 Å². The molecule has 1 atom stereocenters. The fourth-order valence-electron chi connectivity index (χ4n) is 1.22. The van der Waals surface area contributed by atoms with Crippen molar-refractivity contribution in [3.63, 3.8) is 0 Å². The number of carbonyl (C=O) groups is 1. The molecule has 0 saturated carbocycles.